The van der Waals surface area contributed by atoms with E-state index >= 15 is 0 Å². The van der Waals surface area contributed by atoms with Gasteiger partial charge in [0, 0.05) is 24.7 Å². The molecule has 1 aliphatic heterocycles. The van der Waals surface area contributed by atoms with Crippen LogP contribution >= 0.6 is 0 Å². The van der Waals surface area contributed by atoms with Gasteiger partial charge in [-0.3, -0.25) is 9.78 Å². The summed E-state index contributed by atoms with van der Waals surface area (Å²) >= 11 is 0. The van der Waals surface area contributed by atoms with Gasteiger partial charge in [0.1, 0.15) is 0 Å². The van der Waals surface area contributed by atoms with E-state index in [0.29, 0.717) is 6.54 Å². The number of hydrogen-bond donors (Lipinski definition) is 2. The van der Waals surface area contributed by atoms with Gasteiger partial charge in [-0.25, -0.2) is 0 Å². The van der Waals surface area contributed by atoms with Crippen LogP contribution in [0.1, 0.15) is 24.8 Å². The molecule has 0 spiro atoms. The number of benzene rings is 1. The van der Waals surface area contributed by atoms with Crippen molar-refractivity contribution in [1.29, 1.82) is 0 Å². The number of fused-ring (bicyclic) bond motifs is 1. The fourth-order valence-corrected chi connectivity index (χ4v) is 2.61. The van der Waals surface area contributed by atoms with E-state index in [1.807, 2.05) is 12.1 Å². The molecule has 20 heavy (non-hydrogen) atoms. The highest BCUT2D eigenvalue weighted by Gasteiger charge is 2.19. The largest absolute Gasteiger partial charge is 0.355 e. The summed E-state index contributed by atoms with van der Waals surface area (Å²) in [7, 11) is 0. The van der Waals surface area contributed by atoms with Crippen LogP contribution < -0.4 is 10.6 Å². The second kappa shape index (κ2) is 6.01. The lowest BCUT2D eigenvalue weighted by Crippen LogP contribution is -2.42. The Morgan fingerprint density at radius 2 is 2.25 bits per heavy atom. The van der Waals surface area contributed by atoms with Crippen LogP contribution in [0, 0.1) is 0 Å². The number of aromatic nitrogens is 1. The molecule has 1 amide bonds. The summed E-state index contributed by atoms with van der Waals surface area (Å²) in [4.78, 5) is 16.2. The van der Waals surface area contributed by atoms with E-state index in [2.05, 4.69) is 33.8 Å². The minimum Gasteiger partial charge on any atom is -0.355 e. The quantitative estimate of drug-likeness (QED) is 0.896. The minimum absolute atomic E-state index is 0.0675. The highest BCUT2D eigenvalue weighted by atomic mass is 16.2. The van der Waals surface area contributed by atoms with Crippen molar-refractivity contribution in [3.63, 3.8) is 0 Å². The summed E-state index contributed by atoms with van der Waals surface area (Å²) in [6.45, 7) is 1.52. The summed E-state index contributed by atoms with van der Waals surface area (Å²) in [6.07, 6.45) is 4.89. The van der Waals surface area contributed by atoms with Crippen molar-refractivity contribution in [2.45, 2.75) is 31.8 Å². The van der Waals surface area contributed by atoms with Crippen molar-refractivity contribution in [2.75, 3.05) is 6.54 Å². The monoisotopic (exact) mass is 269 g/mol. The van der Waals surface area contributed by atoms with Gasteiger partial charge < -0.3 is 10.6 Å². The molecular weight excluding hydrogens is 250 g/mol. The second-order valence-corrected chi connectivity index (χ2v) is 5.25. The zero-order valence-corrected chi connectivity index (χ0v) is 11.4. The molecule has 4 heteroatoms. The highest BCUT2D eigenvalue weighted by Crippen LogP contribution is 2.14. The first-order chi connectivity index (χ1) is 9.83. The predicted octanol–water partition coefficient (Wildman–Crippen LogP) is 1.99. The van der Waals surface area contributed by atoms with Crippen LogP contribution in [0.3, 0.4) is 0 Å². The van der Waals surface area contributed by atoms with E-state index in [1.165, 1.54) is 5.56 Å². The van der Waals surface area contributed by atoms with E-state index < -0.39 is 0 Å². The average molecular weight is 269 g/mol. The Labute approximate surface area is 118 Å². The molecule has 1 aliphatic rings. The van der Waals surface area contributed by atoms with Gasteiger partial charge in [0.05, 0.1) is 11.6 Å². The second-order valence-electron chi connectivity index (χ2n) is 5.25. The molecule has 1 unspecified atom stereocenters. The molecule has 2 N–H and O–H groups in total. The molecule has 0 bridgehead atoms. The summed E-state index contributed by atoms with van der Waals surface area (Å²) in [5.41, 5.74) is 2.19. The number of pyridine rings is 1. The SMILES string of the molecule is O=C1NCCCCC1NCc1ccc2ncccc2c1. The summed E-state index contributed by atoms with van der Waals surface area (Å²) in [6, 6.07) is 10.2. The van der Waals surface area contributed by atoms with Crippen LogP contribution in [0.2, 0.25) is 0 Å². The number of amides is 1. The van der Waals surface area contributed by atoms with Crippen molar-refractivity contribution in [2.24, 2.45) is 0 Å². The summed E-state index contributed by atoms with van der Waals surface area (Å²) < 4.78 is 0. The predicted molar refractivity (Wildman–Crippen MR) is 79.2 cm³/mol. The number of carbonyl (C=O) groups excluding carboxylic acids is 1. The zero-order valence-electron chi connectivity index (χ0n) is 11.4. The number of nitrogens with one attached hydrogen (secondary N) is 2. The summed E-state index contributed by atoms with van der Waals surface area (Å²) in [5.74, 6) is 0.130. The lowest BCUT2D eigenvalue weighted by molar-refractivity contribution is -0.122. The molecule has 0 radical (unpaired) electrons. The van der Waals surface area contributed by atoms with E-state index in [0.717, 1.165) is 36.7 Å². The van der Waals surface area contributed by atoms with E-state index in [1.54, 1.807) is 6.20 Å². The fraction of sp³-hybridized carbons (Fsp3) is 0.375. The van der Waals surface area contributed by atoms with Gasteiger partial charge >= 0.3 is 0 Å². The Kier molecular flexibility index (Phi) is 3.92. The smallest absolute Gasteiger partial charge is 0.237 e. The number of rotatable bonds is 3. The first kappa shape index (κ1) is 13.1. The van der Waals surface area contributed by atoms with Crippen LogP contribution in [0.25, 0.3) is 10.9 Å². The topological polar surface area (TPSA) is 54.0 Å². The third-order valence-electron chi connectivity index (χ3n) is 3.76. The molecule has 1 atom stereocenters. The number of nitrogens with zero attached hydrogens (tertiary/aromatic N) is 1. The van der Waals surface area contributed by atoms with Crippen molar-refractivity contribution in [3.05, 3.63) is 42.1 Å². The minimum atomic E-state index is -0.0675. The molecule has 3 rings (SSSR count). The molecule has 2 aromatic rings. The maximum absolute atomic E-state index is 11.9. The standard InChI is InChI=1S/C16H19N3O/c20-16-15(5-1-2-8-18-16)19-11-12-6-7-14-13(10-12)4-3-9-17-14/h3-4,6-7,9-10,15,19H,1-2,5,8,11H2,(H,18,20). The van der Waals surface area contributed by atoms with Crippen LogP contribution in [0.5, 0.6) is 0 Å². The van der Waals surface area contributed by atoms with Gasteiger partial charge in [0.15, 0.2) is 0 Å². The lowest BCUT2D eigenvalue weighted by Gasteiger charge is -2.15. The van der Waals surface area contributed by atoms with Crippen LogP contribution in [-0.2, 0) is 11.3 Å². The van der Waals surface area contributed by atoms with Gasteiger partial charge in [0.2, 0.25) is 5.91 Å². The number of carbonyl (C=O) groups is 1. The normalized spacial score (nSPS) is 19.6. The molecular formula is C16H19N3O. The molecule has 0 saturated carbocycles. The third kappa shape index (κ3) is 2.96. The number of hydrogen-bond acceptors (Lipinski definition) is 3. The zero-order chi connectivity index (χ0) is 13.8. The molecule has 1 saturated heterocycles. The molecule has 2 heterocycles. The summed E-state index contributed by atoms with van der Waals surface area (Å²) in [5, 5.41) is 7.45. The van der Waals surface area contributed by atoms with E-state index in [4.69, 9.17) is 0 Å². The van der Waals surface area contributed by atoms with E-state index in [9.17, 15) is 4.79 Å². The molecule has 1 aromatic carbocycles. The molecule has 1 fully saturated rings. The molecule has 0 aliphatic carbocycles. The third-order valence-corrected chi connectivity index (χ3v) is 3.76. The Balaban J connectivity index is 1.68. The first-order valence-corrected chi connectivity index (χ1v) is 7.18. The molecule has 1 aromatic heterocycles. The van der Waals surface area contributed by atoms with Crippen molar-refractivity contribution in [1.82, 2.24) is 15.6 Å². The Morgan fingerprint density at radius 3 is 3.20 bits per heavy atom. The average Bonchev–Trinajstić information content (AvgIpc) is 2.69. The maximum atomic E-state index is 11.9. The van der Waals surface area contributed by atoms with Gasteiger partial charge in [0.25, 0.3) is 0 Å². The Bertz CT molecular complexity index is 611. The van der Waals surface area contributed by atoms with Gasteiger partial charge in [-0.15, -0.1) is 0 Å². The van der Waals surface area contributed by atoms with Gasteiger partial charge in [-0.2, -0.15) is 0 Å². The highest BCUT2D eigenvalue weighted by molar-refractivity contribution is 5.82. The maximum Gasteiger partial charge on any atom is 0.237 e. The van der Waals surface area contributed by atoms with Crippen LogP contribution in [0.15, 0.2) is 36.5 Å². The van der Waals surface area contributed by atoms with Gasteiger partial charge in [-0.05, 0) is 43.0 Å². The Morgan fingerprint density at radius 1 is 1.30 bits per heavy atom. The van der Waals surface area contributed by atoms with Crippen LogP contribution in [0.4, 0.5) is 0 Å². The van der Waals surface area contributed by atoms with E-state index in [-0.39, 0.29) is 11.9 Å². The molecule has 4 nitrogen and oxygen atoms in total. The van der Waals surface area contributed by atoms with Gasteiger partial charge in [-0.1, -0.05) is 12.1 Å². The van der Waals surface area contributed by atoms with Crippen molar-refractivity contribution in [3.8, 4) is 0 Å². The Hall–Kier alpha value is -1.94. The fourth-order valence-electron chi connectivity index (χ4n) is 2.61. The first-order valence-electron chi connectivity index (χ1n) is 7.18. The lowest BCUT2D eigenvalue weighted by atomic mass is 10.1. The molecule has 104 valence electrons. The van der Waals surface area contributed by atoms with Crippen LogP contribution in [-0.4, -0.2) is 23.5 Å². The van der Waals surface area contributed by atoms with Crippen molar-refractivity contribution < 1.29 is 4.79 Å². The van der Waals surface area contributed by atoms with Crippen molar-refractivity contribution >= 4 is 16.8 Å².